The van der Waals surface area contributed by atoms with Gasteiger partial charge < -0.3 is 25.6 Å². The summed E-state index contributed by atoms with van der Waals surface area (Å²) >= 11 is 0. The maximum Gasteiger partial charge on any atom is 0.229 e. The van der Waals surface area contributed by atoms with Gasteiger partial charge in [0.25, 0.3) is 0 Å². The van der Waals surface area contributed by atoms with Crippen LogP contribution in [0.2, 0.25) is 0 Å². The van der Waals surface area contributed by atoms with E-state index in [4.69, 9.17) is 10.5 Å². The van der Waals surface area contributed by atoms with Crippen molar-refractivity contribution in [3.8, 4) is 5.75 Å². The number of nitrogens with zero attached hydrogens (tertiary/aromatic N) is 3. The lowest BCUT2D eigenvalue weighted by Gasteiger charge is -2.32. The van der Waals surface area contributed by atoms with E-state index >= 15 is 0 Å². The third-order valence-corrected chi connectivity index (χ3v) is 6.02. The molecule has 0 spiro atoms. The maximum absolute atomic E-state index is 12.8. The molecule has 2 saturated heterocycles. The summed E-state index contributed by atoms with van der Waals surface area (Å²) in [5.74, 6) is 0.183. The minimum Gasteiger partial charge on any atom is -0.497 e. The number of carbonyl (C=O) groups excluding carboxylic acids is 3. The van der Waals surface area contributed by atoms with E-state index < -0.39 is 5.92 Å². The molecule has 0 radical (unpaired) electrons. The highest BCUT2D eigenvalue weighted by atomic mass is 16.5. The fourth-order valence-electron chi connectivity index (χ4n) is 4.22. The predicted octanol–water partition coefficient (Wildman–Crippen LogP) is 1.78. The number of ether oxygens (including phenoxy) is 1. The monoisotopic (exact) mass is 437 g/mol. The molecule has 3 N–H and O–H groups in total. The minimum absolute atomic E-state index is 0.0963. The largest absolute Gasteiger partial charge is 0.497 e. The molecule has 9 nitrogen and oxygen atoms in total. The molecule has 3 amide bonds. The van der Waals surface area contributed by atoms with Gasteiger partial charge in [0.2, 0.25) is 17.7 Å². The van der Waals surface area contributed by atoms with Crippen LogP contribution in [0.25, 0.3) is 0 Å². The minimum atomic E-state index is -0.452. The number of amides is 3. The first-order chi connectivity index (χ1) is 15.4. The normalized spacial score (nSPS) is 20.8. The summed E-state index contributed by atoms with van der Waals surface area (Å²) in [6, 6.07) is 10.8. The Hall–Kier alpha value is -3.62. The molecule has 0 saturated carbocycles. The maximum atomic E-state index is 12.8. The van der Waals surface area contributed by atoms with E-state index in [9.17, 15) is 14.4 Å². The van der Waals surface area contributed by atoms with Gasteiger partial charge in [0.05, 0.1) is 30.8 Å². The van der Waals surface area contributed by atoms with Gasteiger partial charge in [-0.05, 0) is 37.1 Å². The number of nitrogens with two attached hydrogens (primary N) is 1. The van der Waals surface area contributed by atoms with Crippen LogP contribution in [0.5, 0.6) is 5.75 Å². The summed E-state index contributed by atoms with van der Waals surface area (Å²) in [6.07, 6.45) is 3.43. The standard InChI is InChI=1S/C23H27N5O4/c1-32-19-6-2-5-18(11-19)28-14-16(10-21(28)29)23(31)26-17-7-8-20(25-12-17)27-9-3-4-15(13-27)22(24)30/h2,5-8,11-12,15-16H,3-4,9-10,13-14H2,1H3,(H2,24,30)(H,26,31). The second kappa shape index (κ2) is 9.25. The van der Waals surface area contributed by atoms with Crippen LogP contribution in [0.4, 0.5) is 17.2 Å². The Kier molecular flexibility index (Phi) is 6.25. The van der Waals surface area contributed by atoms with E-state index in [0.717, 1.165) is 25.2 Å². The zero-order chi connectivity index (χ0) is 22.7. The fraction of sp³-hybridized carbons (Fsp3) is 0.391. The number of piperidine rings is 1. The van der Waals surface area contributed by atoms with Crippen molar-refractivity contribution in [2.24, 2.45) is 17.6 Å². The van der Waals surface area contributed by atoms with Crippen molar-refractivity contribution in [1.29, 1.82) is 0 Å². The molecule has 2 atom stereocenters. The Labute approximate surface area is 186 Å². The zero-order valence-electron chi connectivity index (χ0n) is 18.0. The van der Waals surface area contributed by atoms with Crippen molar-refractivity contribution in [3.05, 3.63) is 42.6 Å². The number of nitrogens with one attached hydrogen (secondary N) is 1. The molecule has 0 aliphatic carbocycles. The Morgan fingerprint density at radius 3 is 2.75 bits per heavy atom. The Balaban J connectivity index is 1.37. The van der Waals surface area contributed by atoms with Crippen LogP contribution in [-0.2, 0) is 14.4 Å². The van der Waals surface area contributed by atoms with Crippen molar-refractivity contribution in [2.45, 2.75) is 19.3 Å². The first-order valence-electron chi connectivity index (χ1n) is 10.7. The number of anilines is 3. The number of primary amides is 1. The molecule has 2 unspecified atom stereocenters. The lowest BCUT2D eigenvalue weighted by atomic mass is 9.97. The molecule has 0 bridgehead atoms. The average molecular weight is 438 g/mol. The molecular formula is C23H27N5O4. The van der Waals surface area contributed by atoms with Crippen LogP contribution in [0.1, 0.15) is 19.3 Å². The number of hydrogen-bond donors (Lipinski definition) is 2. The summed E-state index contributed by atoms with van der Waals surface area (Å²) in [5, 5.41) is 2.86. The third-order valence-electron chi connectivity index (χ3n) is 6.02. The van der Waals surface area contributed by atoms with E-state index in [1.54, 1.807) is 30.3 Å². The first kappa shape index (κ1) is 21.6. The van der Waals surface area contributed by atoms with Crippen molar-refractivity contribution >= 4 is 34.9 Å². The van der Waals surface area contributed by atoms with Crippen LogP contribution in [0.15, 0.2) is 42.6 Å². The van der Waals surface area contributed by atoms with Gasteiger partial charge in [-0.25, -0.2) is 4.98 Å². The summed E-state index contributed by atoms with van der Waals surface area (Å²) in [7, 11) is 1.57. The van der Waals surface area contributed by atoms with E-state index in [1.165, 1.54) is 0 Å². The Bertz CT molecular complexity index is 1010. The van der Waals surface area contributed by atoms with Crippen LogP contribution in [-0.4, -0.2) is 49.4 Å². The van der Waals surface area contributed by atoms with Gasteiger partial charge in [-0.2, -0.15) is 0 Å². The molecule has 9 heteroatoms. The van der Waals surface area contributed by atoms with E-state index in [1.807, 2.05) is 29.2 Å². The highest BCUT2D eigenvalue weighted by Gasteiger charge is 2.35. The van der Waals surface area contributed by atoms with Gasteiger partial charge in [0.15, 0.2) is 0 Å². The quantitative estimate of drug-likeness (QED) is 0.711. The molecule has 32 heavy (non-hydrogen) atoms. The van der Waals surface area contributed by atoms with Crippen LogP contribution in [0, 0.1) is 11.8 Å². The Morgan fingerprint density at radius 1 is 1.19 bits per heavy atom. The van der Waals surface area contributed by atoms with Crippen molar-refractivity contribution in [3.63, 3.8) is 0 Å². The number of rotatable bonds is 6. The fourth-order valence-corrected chi connectivity index (χ4v) is 4.22. The second-order valence-electron chi connectivity index (χ2n) is 8.19. The van der Waals surface area contributed by atoms with Gasteiger partial charge in [0.1, 0.15) is 11.6 Å². The molecule has 2 aliphatic heterocycles. The van der Waals surface area contributed by atoms with Gasteiger partial charge in [0, 0.05) is 37.8 Å². The molecule has 3 heterocycles. The number of aromatic nitrogens is 1. The number of carbonyl (C=O) groups is 3. The smallest absolute Gasteiger partial charge is 0.229 e. The van der Waals surface area contributed by atoms with Gasteiger partial charge in [-0.3, -0.25) is 14.4 Å². The zero-order valence-corrected chi connectivity index (χ0v) is 18.0. The van der Waals surface area contributed by atoms with E-state index in [-0.39, 0.29) is 30.1 Å². The average Bonchev–Trinajstić information content (AvgIpc) is 3.21. The highest BCUT2D eigenvalue weighted by molar-refractivity contribution is 6.03. The number of benzene rings is 1. The highest BCUT2D eigenvalue weighted by Crippen LogP contribution is 2.29. The number of pyridine rings is 1. The summed E-state index contributed by atoms with van der Waals surface area (Å²) in [6.45, 7) is 1.68. The lowest BCUT2D eigenvalue weighted by Crippen LogP contribution is -2.41. The van der Waals surface area contributed by atoms with Gasteiger partial charge in [-0.1, -0.05) is 6.07 Å². The topological polar surface area (TPSA) is 118 Å². The molecule has 2 aromatic rings. The summed E-state index contributed by atoms with van der Waals surface area (Å²) in [4.78, 5) is 44.8. The van der Waals surface area contributed by atoms with Gasteiger partial charge >= 0.3 is 0 Å². The molecule has 1 aromatic heterocycles. The molecule has 1 aromatic carbocycles. The van der Waals surface area contributed by atoms with Gasteiger partial charge in [-0.15, -0.1) is 0 Å². The van der Waals surface area contributed by atoms with E-state index in [2.05, 4.69) is 10.3 Å². The van der Waals surface area contributed by atoms with Crippen LogP contribution in [0.3, 0.4) is 0 Å². The first-order valence-corrected chi connectivity index (χ1v) is 10.7. The van der Waals surface area contributed by atoms with Crippen LogP contribution >= 0.6 is 0 Å². The third kappa shape index (κ3) is 4.66. The van der Waals surface area contributed by atoms with Crippen LogP contribution < -0.4 is 25.6 Å². The second-order valence-corrected chi connectivity index (χ2v) is 8.19. The summed E-state index contributed by atoms with van der Waals surface area (Å²) < 4.78 is 5.22. The summed E-state index contributed by atoms with van der Waals surface area (Å²) in [5.41, 5.74) is 6.73. The molecular weight excluding hydrogens is 410 g/mol. The lowest BCUT2D eigenvalue weighted by molar-refractivity contribution is -0.122. The molecule has 2 fully saturated rings. The van der Waals surface area contributed by atoms with E-state index in [0.29, 0.717) is 30.2 Å². The number of hydrogen-bond acceptors (Lipinski definition) is 6. The molecule has 168 valence electrons. The predicted molar refractivity (Wildman–Crippen MR) is 120 cm³/mol. The molecule has 4 rings (SSSR count). The van der Waals surface area contributed by atoms with Crippen molar-refractivity contribution in [1.82, 2.24) is 4.98 Å². The van der Waals surface area contributed by atoms with Crippen molar-refractivity contribution < 1.29 is 19.1 Å². The SMILES string of the molecule is COc1cccc(N2CC(C(=O)Nc3ccc(N4CCCC(C(N)=O)C4)nc3)CC2=O)c1. The Morgan fingerprint density at radius 2 is 2.03 bits per heavy atom. The number of methoxy groups -OCH3 is 1. The molecule has 2 aliphatic rings. The van der Waals surface area contributed by atoms with Crippen molar-refractivity contribution in [2.75, 3.05) is 41.9 Å².